The molecule has 0 atom stereocenters. The van der Waals surface area contributed by atoms with Gasteiger partial charge in [-0.2, -0.15) is 0 Å². The highest BCUT2D eigenvalue weighted by molar-refractivity contribution is 6.02. The van der Waals surface area contributed by atoms with E-state index in [1.165, 1.54) is 25.3 Å². The van der Waals surface area contributed by atoms with Crippen molar-refractivity contribution in [3.05, 3.63) is 42.5 Å². The molecule has 2 rings (SSSR count). The van der Waals surface area contributed by atoms with E-state index in [0.29, 0.717) is 17.1 Å². The molecule has 104 valence electrons. The Kier molecular flexibility index (Phi) is 3.95. The number of amides is 2. The molecule has 2 aromatic carbocycles. The van der Waals surface area contributed by atoms with Gasteiger partial charge in [-0.25, -0.2) is 4.79 Å². The lowest BCUT2D eigenvalue weighted by Gasteiger charge is -2.12. The van der Waals surface area contributed by atoms with Gasteiger partial charge < -0.3 is 26.2 Å². The number of benzene rings is 2. The number of ether oxygens (including phenoxy) is 1. The molecule has 0 saturated heterocycles. The van der Waals surface area contributed by atoms with Crippen molar-refractivity contribution < 1.29 is 14.6 Å². The summed E-state index contributed by atoms with van der Waals surface area (Å²) in [4.78, 5) is 11.9. The van der Waals surface area contributed by atoms with Crippen LogP contribution in [0.3, 0.4) is 0 Å². The van der Waals surface area contributed by atoms with Crippen molar-refractivity contribution >= 4 is 23.1 Å². The first kappa shape index (κ1) is 13.5. The van der Waals surface area contributed by atoms with Crippen molar-refractivity contribution in [2.45, 2.75) is 0 Å². The molecule has 20 heavy (non-hydrogen) atoms. The Morgan fingerprint density at radius 3 is 2.55 bits per heavy atom. The second kappa shape index (κ2) is 5.83. The van der Waals surface area contributed by atoms with Gasteiger partial charge in [-0.3, -0.25) is 0 Å². The minimum absolute atomic E-state index is 0.0400. The van der Waals surface area contributed by atoms with Gasteiger partial charge >= 0.3 is 6.03 Å². The van der Waals surface area contributed by atoms with Crippen LogP contribution in [-0.2, 0) is 0 Å². The molecule has 0 aromatic heterocycles. The molecule has 0 heterocycles. The van der Waals surface area contributed by atoms with Crippen LogP contribution < -0.4 is 21.1 Å². The van der Waals surface area contributed by atoms with Crippen LogP contribution >= 0.6 is 0 Å². The van der Waals surface area contributed by atoms with Gasteiger partial charge in [0.05, 0.1) is 24.2 Å². The van der Waals surface area contributed by atoms with Gasteiger partial charge in [-0.1, -0.05) is 12.1 Å². The number of aromatic hydroxyl groups is 1. The third-order valence-electron chi connectivity index (χ3n) is 2.64. The van der Waals surface area contributed by atoms with E-state index in [-0.39, 0.29) is 11.4 Å². The molecule has 0 aliphatic rings. The van der Waals surface area contributed by atoms with Crippen molar-refractivity contribution in [3.8, 4) is 11.5 Å². The van der Waals surface area contributed by atoms with E-state index in [0.717, 1.165) is 0 Å². The van der Waals surface area contributed by atoms with Crippen LogP contribution in [0.25, 0.3) is 0 Å². The van der Waals surface area contributed by atoms with Crippen LogP contribution in [-0.4, -0.2) is 18.2 Å². The van der Waals surface area contributed by atoms with Crippen molar-refractivity contribution in [1.82, 2.24) is 0 Å². The SMILES string of the molecule is COc1ccccc1NC(=O)Nc1ccc(O)cc1N. The monoisotopic (exact) mass is 273 g/mol. The maximum absolute atomic E-state index is 11.9. The van der Waals surface area contributed by atoms with Crippen molar-refractivity contribution in [1.29, 1.82) is 0 Å². The van der Waals surface area contributed by atoms with E-state index in [4.69, 9.17) is 10.5 Å². The fraction of sp³-hybridized carbons (Fsp3) is 0.0714. The maximum Gasteiger partial charge on any atom is 0.323 e. The molecule has 0 fully saturated rings. The fourth-order valence-electron chi connectivity index (χ4n) is 1.69. The standard InChI is InChI=1S/C14H15N3O3/c1-20-13-5-3-2-4-12(13)17-14(19)16-11-7-6-9(18)8-10(11)15/h2-8,18H,15H2,1H3,(H2,16,17,19). The summed E-state index contributed by atoms with van der Waals surface area (Å²) >= 11 is 0. The minimum atomic E-state index is -0.452. The first-order valence-electron chi connectivity index (χ1n) is 5.89. The number of carbonyl (C=O) groups excluding carboxylic acids is 1. The summed E-state index contributed by atoms with van der Waals surface area (Å²) < 4.78 is 5.14. The van der Waals surface area contributed by atoms with Crippen LogP contribution in [0.5, 0.6) is 11.5 Å². The Labute approximate surface area is 116 Å². The van der Waals surface area contributed by atoms with E-state index in [2.05, 4.69) is 10.6 Å². The van der Waals surface area contributed by atoms with Crippen molar-refractivity contribution in [2.24, 2.45) is 0 Å². The van der Waals surface area contributed by atoms with E-state index >= 15 is 0 Å². The normalized spacial score (nSPS) is 9.85. The summed E-state index contributed by atoms with van der Waals surface area (Å²) in [5.41, 5.74) is 6.93. The maximum atomic E-state index is 11.9. The molecule has 5 N–H and O–H groups in total. The fourth-order valence-corrected chi connectivity index (χ4v) is 1.69. The Balaban J connectivity index is 2.09. The zero-order valence-electron chi connectivity index (χ0n) is 10.9. The largest absolute Gasteiger partial charge is 0.508 e. The topological polar surface area (TPSA) is 96.6 Å². The number of nitrogens with one attached hydrogen (secondary N) is 2. The van der Waals surface area contributed by atoms with Crippen LogP contribution in [0.1, 0.15) is 0 Å². The Morgan fingerprint density at radius 1 is 1.15 bits per heavy atom. The number of hydrogen-bond donors (Lipinski definition) is 4. The van der Waals surface area contributed by atoms with Gasteiger partial charge in [0.2, 0.25) is 0 Å². The van der Waals surface area contributed by atoms with Gasteiger partial charge in [0, 0.05) is 6.07 Å². The lowest BCUT2D eigenvalue weighted by atomic mass is 10.2. The van der Waals surface area contributed by atoms with Crippen LogP contribution in [0.4, 0.5) is 21.9 Å². The predicted octanol–water partition coefficient (Wildman–Crippen LogP) is 2.63. The highest BCUT2D eigenvalue weighted by Crippen LogP contribution is 2.25. The number of methoxy groups -OCH3 is 1. The number of para-hydroxylation sites is 2. The number of nitrogens with two attached hydrogens (primary N) is 1. The number of carbonyl (C=O) groups is 1. The van der Waals surface area contributed by atoms with Gasteiger partial charge in [0.1, 0.15) is 11.5 Å². The first-order chi connectivity index (χ1) is 9.60. The van der Waals surface area contributed by atoms with Crippen LogP contribution in [0.2, 0.25) is 0 Å². The summed E-state index contributed by atoms with van der Waals surface area (Å²) in [6, 6.07) is 10.9. The number of phenolic OH excluding ortho intramolecular Hbond substituents is 1. The molecule has 0 radical (unpaired) electrons. The van der Waals surface area contributed by atoms with Gasteiger partial charge in [-0.15, -0.1) is 0 Å². The third-order valence-corrected chi connectivity index (χ3v) is 2.64. The van der Waals surface area contributed by atoms with Crippen LogP contribution in [0, 0.1) is 0 Å². The predicted molar refractivity (Wildman–Crippen MR) is 78.2 cm³/mol. The Hall–Kier alpha value is -2.89. The summed E-state index contributed by atoms with van der Waals surface area (Å²) in [5, 5.41) is 14.5. The summed E-state index contributed by atoms with van der Waals surface area (Å²) in [6.07, 6.45) is 0. The zero-order valence-corrected chi connectivity index (χ0v) is 10.9. The molecular formula is C14H15N3O3. The number of phenols is 1. The average molecular weight is 273 g/mol. The molecule has 0 aliphatic carbocycles. The number of urea groups is 1. The lowest BCUT2D eigenvalue weighted by molar-refractivity contribution is 0.262. The lowest BCUT2D eigenvalue weighted by Crippen LogP contribution is -2.20. The Bertz CT molecular complexity index is 629. The molecule has 2 aromatic rings. The summed E-state index contributed by atoms with van der Waals surface area (Å²) in [6.45, 7) is 0. The number of hydrogen-bond acceptors (Lipinski definition) is 4. The summed E-state index contributed by atoms with van der Waals surface area (Å²) in [7, 11) is 1.52. The quantitative estimate of drug-likeness (QED) is 0.510. The first-order valence-corrected chi connectivity index (χ1v) is 5.89. The van der Waals surface area contributed by atoms with E-state index in [9.17, 15) is 9.90 Å². The molecule has 0 spiro atoms. The minimum Gasteiger partial charge on any atom is -0.508 e. The number of nitrogen functional groups attached to an aromatic ring is 1. The smallest absolute Gasteiger partial charge is 0.323 e. The number of rotatable bonds is 3. The van der Waals surface area contributed by atoms with Gasteiger partial charge in [0.25, 0.3) is 0 Å². The van der Waals surface area contributed by atoms with Crippen LogP contribution in [0.15, 0.2) is 42.5 Å². The third kappa shape index (κ3) is 3.11. The Morgan fingerprint density at radius 2 is 1.85 bits per heavy atom. The number of anilines is 3. The molecule has 6 nitrogen and oxygen atoms in total. The second-order valence-electron chi connectivity index (χ2n) is 4.05. The van der Waals surface area contributed by atoms with E-state index in [1.54, 1.807) is 24.3 Å². The molecule has 0 aliphatic heterocycles. The highest BCUT2D eigenvalue weighted by atomic mass is 16.5. The molecule has 6 heteroatoms. The molecule has 0 saturated carbocycles. The van der Waals surface area contributed by atoms with E-state index in [1.807, 2.05) is 0 Å². The highest BCUT2D eigenvalue weighted by Gasteiger charge is 2.08. The second-order valence-corrected chi connectivity index (χ2v) is 4.05. The van der Waals surface area contributed by atoms with E-state index < -0.39 is 6.03 Å². The molecule has 0 unspecified atom stereocenters. The average Bonchev–Trinajstić information content (AvgIpc) is 2.42. The van der Waals surface area contributed by atoms with Gasteiger partial charge in [0.15, 0.2) is 0 Å². The van der Waals surface area contributed by atoms with Crippen molar-refractivity contribution in [2.75, 3.05) is 23.5 Å². The van der Waals surface area contributed by atoms with Gasteiger partial charge in [-0.05, 0) is 24.3 Å². The zero-order chi connectivity index (χ0) is 14.5. The molecule has 0 bridgehead atoms. The molecular weight excluding hydrogens is 258 g/mol. The molecule has 2 amide bonds. The van der Waals surface area contributed by atoms with Crippen molar-refractivity contribution in [3.63, 3.8) is 0 Å². The summed E-state index contributed by atoms with van der Waals surface area (Å²) in [5.74, 6) is 0.597.